The molecule has 0 aliphatic rings. The number of aromatic carboxylic acids is 1. The average Bonchev–Trinajstić information content (AvgIpc) is 2.89. The smallest absolute Gasteiger partial charge is 0.338 e. The summed E-state index contributed by atoms with van der Waals surface area (Å²) >= 11 is 0. The van der Waals surface area contributed by atoms with E-state index in [-0.39, 0.29) is 5.92 Å². The third kappa shape index (κ3) is 2.73. The van der Waals surface area contributed by atoms with Gasteiger partial charge in [0.15, 0.2) is 0 Å². The van der Waals surface area contributed by atoms with E-state index in [9.17, 15) is 9.90 Å². The molecule has 124 valence electrons. The Labute approximate surface area is 140 Å². The molecule has 0 saturated heterocycles. The molecule has 1 aromatic carbocycles. The predicted molar refractivity (Wildman–Crippen MR) is 92.9 cm³/mol. The van der Waals surface area contributed by atoms with Gasteiger partial charge in [-0.3, -0.25) is 0 Å². The molecule has 3 rings (SSSR count). The molecule has 0 radical (unpaired) electrons. The normalized spacial score (nSPS) is 11.2. The Morgan fingerprint density at radius 1 is 1.29 bits per heavy atom. The largest absolute Gasteiger partial charge is 0.481 e. The highest BCUT2D eigenvalue weighted by Crippen LogP contribution is 2.33. The number of ether oxygens (including phenoxy) is 1. The summed E-state index contributed by atoms with van der Waals surface area (Å²) in [7, 11) is 1.53. The van der Waals surface area contributed by atoms with Crippen LogP contribution in [0.1, 0.15) is 41.4 Å². The Hall–Kier alpha value is -2.82. The quantitative estimate of drug-likeness (QED) is 0.772. The van der Waals surface area contributed by atoms with E-state index in [0.29, 0.717) is 23.4 Å². The second-order valence-electron chi connectivity index (χ2n) is 6.04. The minimum absolute atomic E-state index is 0.0678. The maximum Gasteiger partial charge on any atom is 0.338 e. The van der Waals surface area contributed by atoms with Crippen LogP contribution in [0.4, 0.5) is 0 Å². The van der Waals surface area contributed by atoms with Crippen LogP contribution in [0.5, 0.6) is 5.88 Å². The van der Waals surface area contributed by atoms with E-state index in [1.165, 1.54) is 7.11 Å². The van der Waals surface area contributed by atoms with E-state index < -0.39 is 5.97 Å². The number of hydrogen-bond acceptors (Lipinski definition) is 3. The standard InChI is InChI=1S/C19H20N2O3/c1-12(2)18-17(19(22)23)14-9-16(24-3)20-10-15(14)21(18)11-13-7-5-4-6-8-13/h4-10,12H,11H2,1-3H3,(H,22,23). The number of carbonyl (C=O) groups is 1. The zero-order chi connectivity index (χ0) is 17.3. The van der Waals surface area contributed by atoms with Gasteiger partial charge in [-0.05, 0) is 11.5 Å². The Morgan fingerprint density at radius 3 is 2.58 bits per heavy atom. The monoisotopic (exact) mass is 324 g/mol. The maximum absolute atomic E-state index is 11.9. The molecule has 0 unspecified atom stereocenters. The highest BCUT2D eigenvalue weighted by molar-refractivity contribution is 6.05. The Morgan fingerprint density at radius 2 is 2.00 bits per heavy atom. The van der Waals surface area contributed by atoms with Crippen LogP contribution in [0.3, 0.4) is 0 Å². The van der Waals surface area contributed by atoms with Crippen molar-refractivity contribution in [2.45, 2.75) is 26.3 Å². The summed E-state index contributed by atoms with van der Waals surface area (Å²) in [6, 6.07) is 11.7. The number of benzene rings is 1. The van der Waals surface area contributed by atoms with Gasteiger partial charge in [0.25, 0.3) is 0 Å². The predicted octanol–water partition coefficient (Wildman–Crippen LogP) is 3.91. The third-order valence-electron chi connectivity index (χ3n) is 4.12. The van der Waals surface area contributed by atoms with E-state index in [2.05, 4.69) is 4.98 Å². The molecule has 2 aromatic heterocycles. The van der Waals surface area contributed by atoms with Crippen LogP contribution in [0.2, 0.25) is 0 Å². The Bertz CT molecular complexity index is 883. The van der Waals surface area contributed by atoms with Crippen molar-refractivity contribution in [3.05, 3.63) is 59.4 Å². The fourth-order valence-electron chi connectivity index (χ4n) is 3.12. The molecular weight excluding hydrogens is 304 g/mol. The lowest BCUT2D eigenvalue weighted by Gasteiger charge is -2.14. The van der Waals surface area contributed by atoms with Crippen molar-refractivity contribution in [1.29, 1.82) is 0 Å². The van der Waals surface area contributed by atoms with Crippen LogP contribution in [0, 0.1) is 0 Å². The Balaban J connectivity index is 2.29. The molecule has 0 amide bonds. The van der Waals surface area contributed by atoms with Gasteiger partial charge in [-0.2, -0.15) is 0 Å². The summed E-state index contributed by atoms with van der Waals surface area (Å²) in [6.07, 6.45) is 1.69. The second-order valence-corrected chi connectivity index (χ2v) is 6.04. The number of pyridine rings is 1. The number of rotatable bonds is 5. The molecule has 0 bridgehead atoms. The van der Waals surface area contributed by atoms with Gasteiger partial charge in [0.1, 0.15) is 0 Å². The van der Waals surface area contributed by atoms with Crippen LogP contribution in [0.25, 0.3) is 10.9 Å². The molecule has 3 aromatic rings. The number of nitrogens with zero attached hydrogens (tertiary/aromatic N) is 2. The van der Waals surface area contributed by atoms with E-state index in [0.717, 1.165) is 16.8 Å². The van der Waals surface area contributed by atoms with Crippen molar-refractivity contribution < 1.29 is 14.6 Å². The Kier molecular flexibility index (Phi) is 4.25. The fourth-order valence-corrected chi connectivity index (χ4v) is 3.12. The van der Waals surface area contributed by atoms with Gasteiger partial charge >= 0.3 is 5.97 Å². The van der Waals surface area contributed by atoms with Gasteiger partial charge in [0.2, 0.25) is 5.88 Å². The lowest BCUT2D eigenvalue weighted by Crippen LogP contribution is -2.09. The van der Waals surface area contributed by atoms with Crippen molar-refractivity contribution >= 4 is 16.9 Å². The molecule has 24 heavy (non-hydrogen) atoms. The van der Waals surface area contributed by atoms with Gasteiger partial charge in [-0.25, -0.2) is 9.78 Å². The molecule has 0 fully saturated rings. The van der Waals surface area contributed by atoms with Gasteiger partial charge in [-0.15, -0.1) is 0 Å². The summed E-state index contributed by atoms with van der Waals surface area (Å²) in [4.78, 5) is 16.2. The molecule has 0 aliphatic heterocycles. The van der Waals surface area contributed by atoms with Crippen LogP contribution >= 0.6 is 0 Å². The lowest BCUT2D eigenvalue weighted by molar-refractivity contribution is 0.0697. The summed E-state index contributed by atoms with van der Waals surface area (Å²) < 4.78 is 7.22. The summed E-state index contributed by atoms with van der Waals surface area (Å²) in [6.45, 7) is 4.62. The van der Waals surface area contributed by atoms with Crippen LogP contribution in [0.15, 0.2) is 42.6 Å². The minimum atomic E-state index is -0.927. The second kappa shape index (κ2) is 6.35. The molecular formula is C19H20N2O3. The molecule has 5 heteroatoms. The first kappa shape index (κ1) is 16.1. The van der Waals surface area contributed by atoms with Gasteiger partial charge in [-0.1, -0.05) is 44.2 Å². The number of carboxylic acids is 1. The SMILES string of the molecule is COc1cc2c(C(=O)O)c(C(C)C)n(Cc3ccccc3)c2cn1. The number of aromatic nitrogens is 2. The van der Waals surface area contributed by atoms with Crippen molar-refractivity contribution in [1.82, 2.24) is 9.55 Å². The molecule has 1 N–H and O–H groups in total. The van der Waals surface area contributed by atoms with Crippen molar-refractivity contribution in [2.75, 3.05) is 7.11 Å². The summed E-state index contributed by atoms with van der Waals surface area (Å²) in [5, 5.41) is 10.4. The molecule has 0 atom stereocenters. The van der Waals surface area contributed by atoms with Crippen molar-refractivity contribution in [3.63, 3.8) is 0 Å². The zero-order valence-electron chi connectivity index (χ0n) is 14.0. The first-order valence-electron chi connectivity index (χ1n) is 7.86. The van der Waals surface area contributed by atoms with Gasteiger partial charge < -0.3 is 14.4 Å². The number of carboxylic acid groups (broad SMARTS) is 1. The minimum Gasteiger partial charge on any atom is -0.481 e. The highest BCUT2D eigenvalue weighted by Gasteiger charge is 2.25. The van der Waals surface area contributed by atoms with Crippen LogP contribution < -0.4 is 4.74 Å². The average molecular weight is 324 g/mol. The topological polar surface area (TPSA) is 64.3 Å². The van der Waals surface area contributed by atoms with E-state index in [1.54, 1.807) is 12.3 Å². The van der Waals surface area contributed by atoms with Crippen molar-refractivity contribution in [3.8, 4) is 5.88 Å². The van der Waals surface area contributed by atoms with Gasteiger partial charge in [0.05, 0.1) is 24.4 Å². The van der Waals surface area contributed by atoms with E-state index in [4.69, 9.17) is 4.74 Å². The number of hydrogen-bond donors (Lipinski definition) is 1. The highest BCUT2D eigenvalue weighted by atomic mass is 16.5. The third-order valence-corrected chi connectivity index (χ3v) is 4.12. The first-order valence-corrected chi connectivity index (χ1v) is 7.86. The molecule has 0 spiro atoms. The van der Waals surface area contributed by atoms with E-state index in [1.807, 2.05) is 48.7 Å². The maximum atomic E-state index is 11.9. The molecule has 2 heterocycles. The van der Waals surface area contributed by atoms with Crippen molar-refractivity contribution in [2.24, 2.45) is 0 Å². The number of fused-ring (bicyclic) bond motifs is 1. The van der Waals surface area contributed by atoms with E-state index >= 15 is 0 Å². The zero-order valence-corrected chi connectivity index (χ0v) is 14.0. The summed E-state index contributed by atoms with van der Waals surface area (Å²) in [5.41, 5.74) is 3.05. The number of methoxy groups -OCH3 is 1. The first-order chi connectivity index (χ1) is 11.5. The lowest BCUT2D eigenvalue weighted by atomic mass is 10.0. The summed E-state index contributed by atoms with van der Waals surface area (Å²) in [5.74, 6) is -0.445. The van der Waals surface area contributed by atoms with Gasteiger partial charge in [0, 0.05) is 23.7 Å². The van der Waals surface area contributed by atoms with Crippen LogP contribution in [-0.4, -0.2) is 27.7 Å². The molecule has 0 aliphatic carbocycles. The molecule has 5 nitrogen and oxygen atoms in total. The molecule has 0 saturated carbocycles. The van der Waals surface area contributed by atoms with Crippen LogP contribution in [-0.2, 0) is 6.54 Å². The fraction of sp³-hybridized carbons (Fsp3) is 0.263.